The van der Waals surface area contributed by atoms with Gasteiger partial charge in [0.15, 0.2) is 0 Å². The molecule has 2 N–H and O–H groups in total. The lowest BCUT2D eigenvalue weighted by atomic mass is 9.97. The van der Waals surface area contributed by atoms with Crippen molar-refractivity contribution >= 4 is 5.69 Å². The minimum atomic E-state index is -0.368. The van der Waals surface area contributed by atoms with Crippen LogP contribution >= 0.6 is 0 Å². The van der Waals surface area contributed by atoms with Gasteiger partial charge < -0.3 is 10.5 Å². The summed E-state index contributed by atoms with van der Waals surface area (Å²) in [5.41, 5.74) is 7.11. The first-order valence-electron chi connectivity index (χ1n) is 7.40. The van der Waals surface area contributed by atoms with Crippen LogP contribution in [0.2, 0.25) is 0 Å². The van der Waals surface area contributed by atoms with E-state index in [2.05, 4.69) is 4.90 Å². The summed E-state index contributed by atoms with van der Waals surface area (Å²) in [5, 5.41) is 11.0. The van der Waals surface area contributed by atoms with Gasteiger partial charge in [-0.2, -0.15) is 0 Å². The van der Waals surface area contributed by atoms with Gasteiger partial charge in [-0.15, -0.1) is 0 Å². The maximum atomic E-state index is 11.0. The van der Waals surface area contributed by atoms with E-state index >= 15 is 0 Å². The predicted molar refractivity (Wildman–Crippen MR) is 79.2 cm³/mol. The van der Waals surface area contributed by atoms with Crippen molar-refractivity contribution in [3.05, 3.63) is 33.9 Å². The zero-order chi connectivity index (χ0) is 15.0. The fraction of sp³-hybridized carbons (Fsp3) is 0.600. The molecular weight excluding hydrogens is 270 g/mol. The van der Waals surface area contributed by atoms with Gasteiger partial charge in [-0.3, -0.25) is 15.0 Å². The molecule has 0 radical (unpaired) electrons. The van der Waals surface area contributed by atoms with E-state index in [0.29, 0.717) is 23.9 Å². The molecule has 21 heavy (non-hydrogen) atoms. The minimum Gasteiger partial charge on any atom is -0.496 e. The normalized spacial score (nSPS) is 28.6. The molecule has 0 spiro atoms. The first-order valence-corrected chi connectivity index (χ1v) is 7.40. The highest BCUT2D eigenvalue weighted by Crippen LogP contribution is 2.36. The van der Waals surface area contributed by atoms with Crippen molar-refractivity contribution in [1.29, 1.82) is 0 Å². The number of hydrogen-bond acceptors (Lipinski definition) is 5. The zero-order valence-corrected chi connectivity index (χ0v) is 12.2. The molecule has 2 aliphatic rings. The number of hydrogen-bond donors (Lipinski definition) is 1. The Morgan fingerprint density at radius 2 is 2.00 bits per heavy atom. The van der Waals surface area contributed by atoms with Crippen molar-refractivity contribution in [3.8, 4) is 5.75 Å². The smallest absolute Gasteiger partial charge is 0.273 e. The van der Waals surface area contributed by atoms with Crippen molar-refractivity contribution in [3.63, 3.8) is 0 Å². The standard InChI is InChI=1S/C15H21N3O3/c1-21-15-5-10(4-14(8-15)18(19)20)9-17-12-2-3-13(17)7-11(16)6-12/h4-5,8,11-13H,2-3,6-7,9,16H2,1H3. The molecule has 0 saturated carbocycles. The fourth-order valence-corrected chi connectivity index (χ4v) is 3.74. The van der Waals surface area contributed by atoms with E-state index in [-0.39, 0.29) is 10.6 Å². The van der Waals surface area contributed by atoms with Crippen LogP contribution in [0.3, 0.4) is 0 Å². The molecular formula is C15H21N3O3. The Bertz CT molecular complexity index is 535. The average Bonchev–Trinajstić information content (AvgIpc) is 2.70. The van der Waals surface area contributed by atoms with Crippen LogP contribution in [0.4, 0.5) is 5.69 Å². The number of fused-ring (bicyclic) bond motifs is 2. The van der Waals surface area contributed by atoms with Gasteiger partial charge in [-0.05, 0) is 37.3 Å². The van der Waals surface area contributed by atoms with Crippen molar-refractivity contribution < 1.29 is 9.66 Å². The summed E-state index contributed by atoms with van der Waals surface area (Å²) in [4.78, 5) is 13.1. The summed E-state index contributed by atoms with van der Waals surface area (Å²) < 4.78 is 5.18. The highest BCUT2D eigenvalue weighted by molar-refractivity contribution is 5.42. The SMILES string of the molecule is COc1cc(CN2C3CCC2CC(N)C3)cc([N+](=O)[O-])c1. The molecule has 114 valence electrons. The molecule has 0 aliphatic carbocycles. The van der Waals surface area contributed by atoms with Crippen LogP contribution < -0.4 is 10.5 Å². The first kappa shape index (κ1) is 14.3. The topological polar surface area (TPSA) is 81.6 Å². The summed E-state index contributed by atoms with van der Waals surface area (Å²) in [6.45, 7) is 0.736. The van der Waals surface area contributed by atoms with Gasteiger partial charge in [0.1, 0.15) is 5.75 Å². The third-order valence-electron chi connectivity index (χ3n) is 4.68. The number of rotatable bonds is 4. The Kier molecular flexibility index (Phi) is 3.82. The first-order chi connectivity index (χ1) is 10.1. The summed E-state index contributed by atoms with van der Waals surface area (Å²) in [5.74, 6) is 0.542. The van der Waals surface area contributed by atoms with Gasteiger partial charge in [0.25, 0.3) is 5.69 Å². The number of nitro benzene ring substituents is 1. The third kappa shape index (κ3) is 2.87. The Morgan fingerprint density at radius 1 is 1.33 bits per heavy atom. The molecule has 6 nitrogen and oxygen atoms in total. The van der Waals surface area contributed by atoms with Gasteiger partial charge in [0, 0.05) is 30.7 Å². The molecule has 2 bridgehead atoms. The molecule has 0 amide bonds. The highest BCUT2D eigenvalue weighted by Gasteiger charge is 2.39. The molecule has 1 aromatic carbocycles. The Hall–Kier alpha value is -1.66. The second-order valence-corrected chi connectivity index (χ2v) is 6.09. The summed E-state index contributed by atoms with van der Waals surface area (Å²) >= 11 is 0. The third-order valence-corrected chi connectivity index (χ3v) is 4.68. The number of nitrogens with two attached hydrogens (primary N) is 1. The van der Waals surface area contributed by atoms with Crippen LogP contribution in [-0.4, -0.2) is 35.1 Å². The molecule has 2 unspecified atom stereocenters. The monoisotopic (exact) mass is 291 g/mol. The van der Waals surface area contributed by atoms with E-state index in [1.807, 2.05) is 6.07 Å². The van der Waals surface area contributed by atoms with E-state index < -0.39 is 0 Å². The number of non-ortho nitro benzene ring substituents is 1. The summed E-state index contributed by atoms with van der Waals surface area (Å²) in [7, 11) is 1.53. The van der Waals surface area contributed by atoms with Crippen molar-refractivity contribution in [1.82, 2.24) is 4.90 Å². The molecule has 3 rings (SSSR count). The predicted octanol–water partition coefficient (Wildman–Crippen LogP) is 2.06. The molecule has 2 saturated heterocycles. The van der Waals surface area contributed by atoms with Crippen LogP contribution in [0.15, 0.2) is 18.2 Å². The number of piperidine rings is 1. The lowest BCUT2D eigenvalue weighted by molar-refractivity contribution is -0.385. The average molecular weight is 291 g/mol. The van der Waals surface area contributed by atoms with Gasteiger partial charge in [0.2, 0.25) is 0 Å². The number of ether oxygens (including phenoxy) is 1. The highest BCUT2D eigenvalue weighted by atomic mass is 16.6. The maximum absolute atomic E-state index is 11.0. The molecule has 6 heteroatoms. The number of methoxy groups -OCH3 is 1. The largest absolute Gasteiger partial charge is 0.496 e. The number of nitro groups is 1. The van der Waals surface area contributed by atoms with Crippen LogP contribution in [0.5, 0.6) is 5.75 Å². The molecule has 1 aromatic rings. The summed E-state index contributed by atoms with van der Waals surface area (Å²) in [6.07, 6.45) is 4.43. The lowest BCUT2D eigenvalue weighted by Crippen LogP contribution is -2.46. The molecule has 2 fully saturated rings. The molecule has 2 heterocycles. The zero-order valence-electron chi connectivity index (χ0n) is 12.2. The van der Waals surface area contributed by atoms with Gasteiger partial charge >= 0.3 is 0 Å². The number of nitrogens with zero attached hydrogens (tertiary/aromatic N) is 2. The van der Waals surface area contributed by atoms with Crippen molar-refractivity contribution in [2.45, 2.75) is 50.4 Å². The summed E-state index contributed by atoms with van der Waals surface area (Å²) in [6, 6.07) is 6.34. The van der Waals surface area contributed by atoms with E-state index in [4.69, 9.17) is 10.5 Å². The molecule has 0 aromatic heterocycles. The molecule has 2 aliphatic heterocycles. The van der Waals surface area contributed by atoms with Gasteiger partial charge in [-0.1, -0.05) is 0 Å². The van der Waals surface area contributed by atoms with E-state index in [1.54, 1.807) is 6.07 Å². The van der Waals surface area contributed by atoms with Crippen LogP contribution in [-0.2, 0) is 6.54 Å². The van der Waals surface area contributed by atoms with E-state index in [0.717, 1.165) is 24.9 Å². The van der Waals surface area contributed by atoms with E-state index in [1.165, 1.54) is 26.0 Å². The quantitative estimate of drug-likeness (QED) is 0.678. The second kappa shape index (κ2) is 5.61. The number of benzene rings is 1. The lowest BCUT2D eigenvalue weighted by Gasteiger charge is -2.37. The molecule has 2 atom stereocenters. The maximum Gasteiger partial charge on any atom is 0.273 e. The van der Waals surface area contributed by atoms with Crippen LogP contribution in [0, 0.1) is 10.1 Å². The van der Waals surface area contributed by atoms with Gasteiger partial charge in [-0.25, -0.2) is 0 Å². The van der Waals surface area contributed by atoms with Crippen LogP contribution in [0.1, 0.15) is 31.2 Å². The Morgan fingerprint density at radius 3 is 2.57 bits per heavy atom. The minimum absolute atomic E-state index is 0.0883. The Balaban J connectivity index is 1.82. The fourth-order valence-electron chi connectivity index (χ4n) is 3.74. The van der Waals surface area contributed by atoms with Gasteiger partial charge in [0.05, 0.1) is 18.1 Å². The van der Waals surface area contributed by atoms with Crippen LogP contribution in [0.25, 0.3) is 0 Å². The second-order valence-electron chi connectivity index (χ2n) is 6.09. The Labute approximate surface area is 124 Å². The van der Waals surface area contributed by atoms with Crippen molar-refractivity contribution in [2.24, 2.45) is 5.73 Å². The van der Waals surface area contributed by atoms with Crippen molar-refractivity contribution in [2.75, 3.05) is 7.11 Å². The van der Waals surface area contributed by atoms with E-state index in [9.17, 15) is 10.1 Å².